The Morgan fingerprint density at radius 3 is 3.00 bits per heavy atom. The normalized spacial score (nSPS) is 11.3. The van der Waals surface area contributed by atoms with Crippen LogP contribution in [0.1, 0.15) is 11.7 Å². The van der Waals surface area contributed by atoms with Gasteiger partial charge in [-0.3, -0.25) is 0 Å². The number of H-pyrrole nitrogens is 1. The van der Waals surface area contributed by atoms with E-state index in [4.69, 9.17) is 4.42 Å². The average Bonchev–Trinajstić information content (AvgIpc) is 2.97. The number of aromatic amines is 1. The summed E-state index contributed by atoms with van der Waals surface area (Å²) in [5.41, 5.74) is 3.57. The Morgan fingerprint density at radius 1 is 1.35 bits per heavy atom. The summed E-state index contributed by atoms with van der Waals surface area (Å²) in [7, 11) is 1.93. The summed E-state index contributed by atoms with van der Waals surface area (Å²) in [5.74, 6) is 1.63. The van der Waals surface area contributed by atoms with Crippen LogP contribution < -0.4 is 5.32 Å². The van der Waals surface area contributed by atoms with Gasteiger partial charge in [-0.1, -0.05) is 0 Å². The molecule has 20 heavy (non-hydrogen) atoms. The number of aromatic nitrogens is 3. The lowest BCUT2D eigenvalue weighted by atomic mass is 10.1. The second kappa shape index (κ2) is 5.38. The molecule has 0 spiro atoms. The topological polar surface area (TPSA) is 66.7 Å². The van der Waals surface area contributed by atoms with Crippen molar-refractivity contribution in [3.05, 3.63) is 34.5 Å². The third kappa shape index (κ3) is 2.48. The fourth-order valence-electron chi connectivity index (χ4n) is 2.14. The van der Waals surface area contributed by atoms with E-state index in [9.17, 15) is 0 Å². The quantitative estimate of drug-likeness (QED) is 0.769. The van der Waals surface area contributed by atoms with Crippen LogP contribution in [0.25, 0.3) is 22.4 Å². The molecule has 6 heteroatoms. The van der Waals surface area contributed by atoms with E-state index in [1.807, 2.05) is 32.2 Å². The lowest BCUT2D eigenvalue weighted by molar-refractivity contribution is 0.561. The predicted molar refractivity (Wildman–Crippen MR) is 81.7 cm³/mol. The monoisotopic (exact) mass is 334 g/mol. The highest BCUT2D eigenvalue weighted by Crippen LogP contribution is 2.29. The van der Waals surface area contributed by atoms with Crippen molar-refractivity contribution in [3.8, 4) is 11.3 Å². The Labute approximate surface area is 124 Å². The summed E-state index contributed by atoms with van der Waals surface area (Å²) in [6.07, 6.45) is 0.862. The summed E-state index contributed by atoms with van der Waals surface area (Å²) in [5, 5.41) is 3.11. The van der Waals surface area contributed by atoms with E-state index in [1.165, 1.54) is 0 Å². The second-order valence-electron chi connectivity index (χ2n) is 4.62. The van der Waals surface area contributed by atoms with Gasteiger partial charge in [0.2, 0.25) is 0 Å². The molecule has 0 saturated heterocycles. The Balaban J connectivity index is 1.99. The van der Waals surface area contributed by atoms with Crippen molar-refractivity contribution in [2.24, 2.45) is 0 Å². The lowest BCUT2D eigenvalue weighted by Crippen LogP contribution is -2.11. The van der Waals surface area contributed by atoms with Gasteiger partial charge in [-0.05, 0) is 41.2 Å². The number of nitrogens with one attached hydrogen (secondary N) is 2. The van der Waals surface area contributed by atoms with Gasteiger partial charge in [0.15, 0.2) is 11.5 Å². The molecule has 5 nitrogen and oxygen atoms in total. The molecular formula is C14H15BrN4O. The third-order valence-corrected chi connectivity index (χ3v) is 3.66. The molecule has 104 valence electrons. The molecule has 0 radical (unpaired) electrons. The molecule has 2 aromatic heterocycles. The number of likely N-dealkylation sites (N-methyl/N-ethyl adjacent to an activating group) is 1. The summed E-state index contributed by atoms with van der Waals surface area (Å²) in [4.78, 5) is 12.2. The van der Waals surface area contributed by atoms with Crippen LogP contribution in [0.2, 0.25) is 0 Å². The van der Waals surface area contributed by atoms with Crippen molar-refractivity contribution in [2.75, 3.05) is 13.6 Å². The molecule has 0 aliphatic carbocycles. The molecule has 2 N–H and O–H groups in total. The molecule has 0 amide bonds. The number of benzene rings is 1. The smallest absolute Gasteiger partial charge is 0.192 e. The van der Waals surface area contributed by atoms with Crippen molar-refractivity contribution < 1.29 is 4.42 Å². The van der Waals surface area contributed by atoms with Gasteiger partial charge in [-0.25, -0.2) is 9.97 Å². The van der Waals surface area contributed by atoms with Crippen molar-refractivity contribution in [2.45, 2.75) is 13.3 Å². The average molecular weight is 335 g/mol. The molecule has 0 bridgehead atoms. The summed E-state index contributed by atoms with van der Waals surface area (Å²) >= 11 is 3.53. The molecule has 0 atom stereocenters. The third-order valence-electron chi connectivity index (χ3n) is 3.09. The van der Waals surface area contributed by atoms with Crippen LogP contribution in [0.4, 0.5) is 0 Å². The van der Waals surface area contributed by atoms with Crippen molar-refractivity contribution in [1.29, 1.82) is 0 Å². The maximum absolute atomic E-state index is 5.49. The second-order valence-corrected chi connectivity index (χ2v) is 5.41. The van der Waals surface area contributed by atoms with E-state index in [0.29, 0.717) is 5.89 Å². The standard InChI is InChI=1S/C14H15BrN4O/c1-8-17-10-7-9(3-4-11(10)20-8)13-14(15)19-12(18-13)5-6-16-2/h3-4,7,16H,5-6H2,1-2H3,(H,18,19). The molecule has 0 unspecified atom stereocenters. The number of oxazole rings is 1. The maximum Gasteiger partial charge on any atom is 0.192 e. The van der Waals surface area contributed by atoms with Gasteiger partial charge in [0.05, 0.1) is 0 Å². The number of aryl methyl sites for hydroxylation is 1. The highest BCUT2D eigenvalue weighted by Gasteiger charge is 2.12. The first-order chi connectivity index (χ1) is 9.67. The van der Waals surface area contributed by atoms with E-state index >= 15 is 0 Å². The van der Waals surface area contributed by atoms with Gasteiger partial charge in [0.25, 0.3) is 0 Å². The molecule has 0 aliphatic rings. The van der Waals surface area contributed by atoms with Gasteiger partial charge < -0.3 is 14.7 Å². The molecule has 0 fully saturated rings. The first-order valence-electron chi connectivity index (χ1n) is 6.44. The van der Waals surface area contributed by atoms with Crippen LogP contribution in [-0.2, 0) is 6.42 Å². The van der Waals surface area contributed by atoms with Crippen LogP contribution in [0.15, 0.2) is 27.2 Å². The summed E-state index contributed by atoms with van der Waals surface area (Å²) in [6.45, 7) is 2.74. The summed E-state index contributed by atoms with van der Waals surface area (Å²) in [6, 6.07) is 5.92. The molecule has 3 rings (SSSR count). The van der Waals surface area contributed by atoms with E-state index in [-0.39, 0.29) is 0 Å². The number of imidazole rings is 1. The van der Waals surface area contributed by atoms with Crippen molar-refractivity contribution >= 4 is 27.0 Å². The van der Waals surface area contributed by atoms with Gasteiger partial charge in [0, 0.05) is 25.5 Å². The zero-order chi connectivity index (χ0) is 14.1. The van der Waals surface area contributed by atoms with Crippen LogP contribution >= 0.6 is 15.9 Å². The minimum absolute atomic E-state index is 0.674. The molecule has 2 heterocycles. The fourth-order valence-corrected chi connectivity index (χ4v) is 2.69. The maximum atomic E-state index is 5.49. The lowest BCUT2D eigenvalue weighted by Gasteiger charge is -1.97. The van der Waals surface area contributed by atoms with Gasteiger partial charge in [-0.2, -0.15) is 0 Å². The molecule has 1 aromatic carbocycles. The van der Waals surface area contributed by atoms with E-state index in [1.54, 1.807) is 0 Å². The van der Waals surface area contributed by atoms with E-state index < -0.39 is 0 Å². The Bertz CT molecular complexity index is 747. The van der Waals surface area contributed by atoms with Crippen molar-refractivity contribution in [1.82, 2.24) is 20.3 Å². The minimum atomic E-state index is 0.674. The highest BCUT2D eigenvalue weighted by atomic mass is 79.9. The first-order valence-corrected chi connectivity index (χ1v) is 7.23. The molecular weight excluding hydrogens is 320 g/mol. The summed E-state index contributed by atoms with van der Waals surface area (Å²) < 4.78 is 6.38. The first kappa shape index (κ1) is 13.3. The van der Waals surface area contributed by atoms with Crippen LogP contribution in [0, 0.1) is 6.92 Å². The van der Waals surface area contributed by atoms with Gasteiger partial charge in [0.1, 0.15) is 21.6 Å². The van der Waals surface area contributed by atoms with Gasteiger partial charge in [-0.15, -0.1) is 0 Å². The predicted octanol–water partition coefficient (Wildman–Crippen LogP) is 3.05. The van der Waals surface area contributed by atoms with Crippen LogP contribution in [-0.4, -0.2) is 28.5 Å². The number of nitrogens with zero attached hydrogens (tertiary/aromatic N) is 2. The molecule has 0 saturated carbocycles. The zero-order valence-electron chi connectivity index (χ0n) is 11.3. The largest absolute Gasteiger partial charge is 0.441 e. The molecule has 0 aliphatic heterocycles. The number of rotatable bonds is 4. The number of fused-ring (bicyclic) bond motifs is 1. The van der Waals surface area contributed by atoms with Gasteiger partial charge >= 0.3 is 0 Å². The Morgan fingerprint density at radius 2 is 2.20 bits per heavy atom. The number of hydrogen-bond acceptors (Lipinski definition) is 4. The molecule has 3 aromatic rings. The fraction of sp³-hybridized carbons (Fsp3) is 0.286. The zero-order valence-corrected chi connectivity index (χ0v) is 12.9. The van der Waals surface area contributed by atoms with Crippen molar-refractivity contribution in [3.63, 3.8) is 0 Å². The highest BCUT2D eigenvalue weighted by molar-refractivity contribution is 9.10. The van der Waals surface area contributed by atoms with Crippen LogP contribution in [0.3, 0.4) is 0 Å². The van der Waals surface area contributed by atoms with E-state index in [2.05, 4.69) is 36.2 Å². The van der Waals surface area contributed by atoms with Crippen LogP contribution in [0.5, 0.6) is 0 Å². The number of halogens is 1. The SMILES string of the molecule is CNCCc1nc(-c2ccc3oc(C)nc3c2)c(Br)[nH]1. The Kier molecular flexibility index (Phi) is 3.58. The van der Waals surface area contributed by atoms with E-state index in [0.717, 1.165) is 45.8 Å². The minimum Gasteiger partial charge on any atom is -0.441 e. The number of hydrogen-bond donors (Lipinski definition) is 2. The Hall–Kier alpha value is -1.66.